The monoisotopic (exact) mass is 325 g/mol. The number of hydrogen-bond acceptors (Lipinski definition) is 4. The van der Waals surface area contributed by atoms with Crippen molar-refractivity contribution >= 4 is 15.7 Å². The van der Waals surface area contributed by atoms with Gasteiger partial charge in [-0.05, 0) is 43.2 Å². The second-order valence-electron chi connectivity index (χ2n) is 6.72. The van der Waals surface area contributed by atoms with Gasteiger partial charge in [0, 0.05) is 13.0 Å². The van der Waals surface area contributed by atoms with E-state index in [-0.39, 0.29) is 29.4 Å². The Kier molecular flexibility index (Phi) is 4.30. The molecule has 2 aliphatic heterocycles. The van der Waals surface area contributed by atoms with E-state index in [4.69, 9.17) is 4.42 Å². The molecule has 22 heavy (non-hydrogen) atoms. The molecule has 1 aromatic heterocycles. The van der Waals surface area contributed by atoms with Crippen LogP contribution in [-0.2, 0) is 14.6 Å². The summed E-state index contributed by atoms with van der Waals surface area (Å²) in [5.74, 6) is 1.83. The maximum atomic E-state index is 12.7. The van der Waals surface area contributed by atoms with Gasteiger partial charge in [0.1, 0.15) is 5.76 Å². The van der Waals surface area contributed by atoms with E-state index in [0.29, 0.717) is 18.8 Å². The molecule has 1 aromatic rings. The summed E-state index contributed by atoms with van der Waals surface area (Å²) in [4.78, 5) is 14.6. The smallest absolute Gasteiger partial charge is 0.223 e. The molecule has 122 valence electrons. The molecule has 2 saturated heterocycles. The van der Waals surface area contributed by atoms with Gasteiger partial charge < -0.3 is 9.32 Å². The largest absolute Gasteiger partial charge is 0.467 e. The van der Waals surface area contributed by atoms with Crippen LogP contribution in [0.2, 0.25) is 0 Å². The Morgan fingerprint density at radius 3 is 2.86 bits per heavy atom. The molecule has 0 spiro atoms. The van der Waals surface area contributed by atoms with Crippen LogP contribution in [0.4, 0.5) is 0 Å². The molecule has 0 radical (unpaired) electrons. The topological polar surface area (TPSA) is 67.6 Å². The van der Waals surface area contributed by atoms with Crippen LogP contribution >= 0.6 is 0 Å². The highest BCUT2D eigenvalue weighted by molar-refractivity contribution is 7.91. The lowest BCUT2D eigenvalue weighted by molar-refractivity contribution is -0.137. The number of hydrogen-bond donors (Lipinski definition) is 0. The second kappa shape index (κ2) is 6.07. The number of piperidine rings is 1. The first-order valence-electron chi connectivity index (χ1n) is 7.98. The fourth-order valence-electron chi connectivity index (χ4n) is 3.59. The lowest BCUT2D eigenvalue weighted by atomic mass is 9.90. The van der Waals surface area contributed by atoms with E-state index in [9.17, 15) is 13.2 Å². The molecule has 0 bridgehead atoms. The van der Waals surface area contributed by atoms with Crippen molar-refractivity contribution in [2.45, 2.75) is 38.6 Å². The second-order valence-corrected chi connectivity index (χ2v) is 8.95. The summed E-state index contributed by atoms with van der Waals surface area (Å²) in [5.41, 5.74) is 0. The molecular weight excluding hydrogens is 302 g/mol. The van der Waals surface area contributed by atoms with Crippen LogP contribution in [-0.4, -0.2) is 37.3 Å². The zero-order chi connectivity index (χ0) is 15.7. The van der Waals surface area contributed by atoms with Gasteiger partial charge in [0.15, 0.2) is 9.84 Å². The predicted octanol–water partition coefficient (Wildman–Crippen LogP) is 2.40. The van der Waals surface area contributed by atoms with Gasteiger partial charge in [-0.1, -0.05) is 6.92 Å². The van der Waals surface area contributed by atoms with Crippen molar-refractivity contribution in [1.82, 2.24) is 4.90 Å². The fourth-order valence-corrected chi connectivity index (χ4v) is 5.45. The van der Waals surface area contributed by atoms with Crippen molar-refractivity contribution in [3.05, 3.63) is 24.2 Å². The molecule has 0 N–H and O–H groups in total. The minimum atomic E-state index is -2.93. The minimum absolute atomic E-state index is 0.00994. The molecule has 2 fully saturated rings. The van der Waals surface area contributed by atoms with Crippen molar-refractivity contribution in [1.29, 1.82) is 0 Å². The summed E-state index contributed by atoms with van der Waals surface area (Å²) in [6.45, 7) is 2.92. The van der Waals surface area contributed by atoms with Gasteiger partial charge in [0.2, 0.25) is 5.91 Å². The molecule has 1 amide bonds. The lowest BCUT2D eigenvalue weighted by Crippen LogP contribution is -2.41. The SMILES string of the molecule is CC1CCN(C(=O)CC2CCS(=O)(=O)C2)C(c2ccco2)C1. The number of sulfone groups is 1. The Bertz CT molecular complexity index is 623. The normalized spacial score (nSPS) is 31.3. The third kappa shape index (κ3) is 3.37. The van der Waals surface area contributed by atoms with Crippen LogP contribution in [0.5, 0.6) is 0 Å². The third-order valence-corrected chi connectivity index (χ3v) is 6.68. The van der Waals surface area contributed by atoms with Crippen LogP contribution in [0.15, 0.2) is 22.8 Å². The van der Waals surface area contributed by atoms with E-state index in [1.807, 2.05) is 17.0 Å². The molecule has 6 heteroatoms. The predicted molar refractivity (Wildman–Crippen MR) is 82.9 cm³/mol. The Labute approximate surface area is 131 Å². The molecular formula is C16H23NO4S. The Morgan fingerprint density at radius 2 is 2.23 bits per heavy atom. The number of likely N-dealkylation sites (tertiary alicyclic amines) is 1. The van der Waals surface area contributed by atoms with Crippen LogP contribution < -0.4 is 0 Å². The van der Waals surface area contributed by atoms with Crippen molar-refractivity contribution in [3.8, 4) is 0 Å². The summed E-state index contributed by atoms with van der Waals surface area (Å²) >= 11 is 0. The molecule has 2 aliphatic rings. The van der Waals surface area contributed by atoms with Crippen LogP contribution in [0.3, 0.4) is 0 Å². The molecule has 3 heterocycles. The molecule has 3 unspecified atom stereocenters. The maximum absolute atomic E-state index is 12.7. The highest BCUT2D eigenvalue weighted by Gasteiger charge is 2.35. The molecule has 0 saturated carbocycles. The molecule has 3 rings (SSSR count). The maximum Gasteiger partial charge on any atom is 0.223 e. The zero-order valence-corrected chi connectivity index (χ0v) is 13.7. The van der Waals surface area contributed by atoms with Gasteiger partial charge in [-0.3, -0.25) is 4.79 Å². The molecule has 0 aromatic carbocycles. The summed E-state index contributed by atoms with van der Waals surface area (Å²) in [5, 5.41) is 0. The van der Waals surface area contributed by atoms with Crippen molar-refractivity contribution in [3.63, 3.8) is 0 Å². The fraction of sp³-hybridized carbons (Fsp3) is 0.688. The van der Waals surface area contributed by atoms with Gasteiger partial charge in [-0.25, -0.2) is 8.42 Å². The summed E-state index contributed by atoms with van der Waals surface area (Å²) < 4.78 is 28.6. The summed E-state index contributed by atoms with van der Waals surface area (Å²) in [7, 11) is -2.93. The quantitative estimate of drug-likeness (QED) is 0.856. The Morgan fingerprint density at radius 1 is 1.41 bits per heavy atom. The van der Waals surface area contributed by atoms with Crippen LogP contribution in [0.1, 0.15) is 44.4 Å². The number of carbonyl (C=O) groups is 1. The first kappa shape index (κ1) is 15.6. The summed E-state index contributed by atoms with van der Waals surface area (Å²) in [6.07, 6.45) is 4.49. The highest BCUT2D eigenvalue weighted by atomic mass is 32.2. The Hall–Kier alpha value is -1.30. The highest BCUT2D eigenvalue weighted by Crippen LogP contribution is 2.35. The van der Waals surface area contributed by atoms with Gasteiger partial charge in [-0.2, -0.15) is 0 Å². The number of furan rings is 1. The zero-order valence-electron chi connectivity index (χ0n) is 12.9. The molecule has 3 atom stereocenters. The average molecular weight is 325 g/mol. The lowest BCUT2D eigenvalue weighted by Gasteiger charge is -2.38. The van der Waals surface area contributed by atoms with Crippen LogP contribution in [0, 0.1) is 11.8 Å². The van der Waals surface area contributed by atoms with Gasteiger partial charge in [0.05, 0.1) is 23.8 Å². The van der Waals surface area contributed by atoms with Gasteiger partial charge >= 0.3 is 0 Å². The minimum Gasteiger partial charge on any atom is -0.467 e. The van der Waals surface area contributed by atoms with Gasteiger partial charge in [0.25, 0.3) is 0 Å². The number of amides is 1. The van der Waals surface area contributed by atoms with Gasteiger partial charge in [-0.15, -0.1) is 0 Å². The van der Waals surface area contributed by atoms with E-state index in [1.165, 1.54) is 0 Å². The van der Waals surface area contributed by atoms with E-state index in [1.54, 1.807) is 6.26 Å². The van der Waals surface area contributed by atoms with E-state index in [0.717, 1.165) is 25.1 Å². The number of carbonyl (C=O) groups excluding carboxylic acids is 1. The Balaban J connectivity index is 1.70. The molecule has 0 aliphatic carbocycles. The van der Waals surface area contributed by atoms with E-state index < -0.39 is 9.84 Å². The van der Waals surface area contributed by atoms with E-state index in [2.05, 4.69) is 6.92 Å². The molecule has 5 nitrogen and oxygen atoms in total. The van der Waals surface area contributed by atoms with Crippen molar-refractivity contribution in [2.75, 3.05) is 18.1 Å². The van der Waals surface area contributed by atoms with Crippen LogP contribution in [0.25, 0.3) is 0 Å². The van der Waals surface area contributed by atoms with E-state index >= 15 is 0 Å². The first-order valence-corrected chi connectivity index (χ1v) is 9.80. The van der Waals surface area contributed by atoms with Crippen molar-refractivity contribution < 1.29 is 17.6 Å². The number of rotatable bonds is 3. The first-order chi connectivity index (χ1) is 10.4. The standard InChI is InChI=1S/C16H23NO4S/c1-12-4-6-17(14(9-12)15-3-2-7-21-15)16(18)10-13-5-8-22(19,20)11-13/h2-3,7,12-14H,4-6,8-11H2,1H3. The summed E-state index contributed by atoms with van der Waals surface area (Å²) in [6, 6.07) is 3.76. The third-order valence-electron chi connectivity index (χ3n) is 4.85. The number of nitrogens with zero attached hydrogens (tertiary/aromatic N) is 1. The van der Waals surface area contributed by atoms with Crippen molar-refractivity contribution in [2.24, 2.45) is 11.8 Å². The average Bonchev–Trinajstić information content (AvgIpc) is 3.08.